The van der Waals surface area contributed by atoms with Gasteiger partial charge in [-0.2, -0.15) is 5.48 Å². The first-order chi connectivity index (χ1) is 14.5. The van der Waals surface area contributed by atoms with E-state index in [1.165, 1.54) is 0 Å². The van der Waals surface area contributed by atoms with Crippen LogP contribution in [0.3, 0.4) is 0 Å². The van der Waals surface area contributed by atoms with Gasteiger partial charge in [0.2, 0.25) is 15.9 Å². The normalized spacial score (nSPS) is 35.6. The third kappa shape index (κ3) is 4.71. The zero-order valence-corrected chi connectivity index (χ0v) is 18.5. The first kappa shape index (κ1) is 22.8. The van der Waals surface area contributed by atoms with E-state index < -0.39 is 63.8 Å². The van der Waals surface area contributed by atoms with Crippen LogP contribution in [0.2, 0.25) is 0 Å². The number of nitrogens with one attached hydrogen (secondary N) is 2. The highest BCUT2D eigenvalue weighted by Crippen LogP contribution is 2.40. The average Bonchev–Trinajstić information content (AvgIpc) is 3.25. The van der Waals surface area contributed by atoms with Crippen LogP contribution in [0.4, 0.5) is 13.6 Å². The van der Waals surface area contributed by atoms with Crippen molar-refractivity contribution in [2.45, 2.75) is 87.8 Å². The van der Waals surface area contributed by atoms with Crippen LogP contribution in [0, 0.1) is 5.92 Å². The fourth-order valence-corrected chi connectivity index (χ4v) is 6.86. The summed E-state index contributed by atoms with van der Waals surface area (Å²) < 4.78 is 55.0. The van der Waals surface area contributed by atoms with Crippen LogP contribution in [0.1, 0.15) is 52.4 Å². The third-order valence-electron chi connectivity index (χ3n) is 6.83. The molecular weight excluding hydrogens is 434 g/mol. The maximum Gasteiger partial charge on any atom is 0.327 e. The van der Waals surface area contributed by atoms with Crippen molar-refractivity contribution < 1.29 is 31.6 Å². The number of fused-ring (bicyclic) bond motifs is 1. The second-order valence-electron chi connectivity index (χ2n) is 9.59. The van der Waals surface area contributed by atoms with Crippen LogP contribution < -0.4 is 10.2 Å². The second kappa shape index (κ2) is 8.20. The zero-order valence-electron chi connectivity index (χ0n) is 17.7. The van der Waals surface area contributed by atoms with E-state index in [0.29, 0.717) is 6.42 Å². The SMILES string of the molecule is CC1CC(CN2C(=O)C3CC(S(=O)(=O)NC4(C)CC4)CCC3N(CC(F)F)C2=O)ON1. The second-order valence-corrected chi connectivity index (χ2v) is 11.5. The summed E-state index contributed by atoms with van der Waals surface area (Å²) in [6, 6.07) is -1.42. The fourth-order valence-electron chi connectivity index (χ4n) is 4.89. The molecule has 4 fully saturated rings. The first-order valence-electron chi connectivity index (χ1n) is 10.8. The number of hydroxylamine groups is 1. The summed E-state index contributed by atoms with van der Waals surface area (Å²) in [5.74, 6) is -1.33. The molecule has 2 heterocycles. The van der Waals surface area contributed by atoms with Gasteiger partial charge >= 0.3 is 6.03 Å². The minimum Gasteiger partial charge on any atom is -0.315 e. The Morgan fingerprint density at radius 2 is 1.97 bits per heavy atom. The predicted octanol–water partition coefficient (Wildman–Crippen LogP) is 1.21. The molecule has 176 valence electrons. The lowest BCUT2D eigenvalue weighted by molar-refractivity contribution is -0.143. The molecule has 9 nitrogen and oxygen atoms in total. The van der Waals surface area contributed by atoms with Crippen molar-refractivity contribution in [3.05, 3.63) is 0 Å². The highest BCUT2D eigenvalue weighted by atomic mass is 32.2. The summed E-state index contributed by atoms with van der Waals surface area (Å²) in [6.45, 7) is 2.90. The lowest BCUT2D eigenvalue weighted by Crippen LogP contribution is -2.65. The molecule has 2 saturated carbocycles. The van der Waals surface area contributed by atoms with E-state index in [2.05, 4.69) is 10.2 Å². The van der Waals surface area contributed by atoms with Crippen molar-refractivity contribution in [2.24, 2.45) is 5.92 Å². The van der Waals surface area contributed by atoms with Gasteiger partial charge in [-0.15, -0.1) is 0 Å². The Kier molecular flexibility index (Phi) is 6.03. The Morgan fingerprint density at radius 1 is 1.26 bits per heavy atom. The minimum atomic E-state index is -3.66. The van der Waals surface area contributed by atoms with Crippen LogP contribution in [0.5, 0.6) is 0 Å². The van der Waals surface area contributed by atoms with Crippen molar-refractivity contribution in [1.29, 1.82) is 0 Å². The van der Waals surface area contributed by atoms with E-state index in [0.717, 1.165) is 22.6 Å². The van der Waals surface area contributed by atoms with E-state index >= 15 is 0 Å². The molecule has 2 N–H and O–H groups in total. The number of amides is 3. The summed E-state index contributed by atoms with van der Waals surface area (Å²) in [4.78, 5) is 33.6. The highest BCUT2D eigenvalue weighted by molar-refractivity contribution is 7.90. The van der Waals surface area contributed by atoms with Gasteiger partial charge < -0.3 is 4.90 Å². The van der Waals surface area contributed by atoms with Gasteiger partial charge in [0.05, 0.1) is 30.4 Å². The Morgan fingerprint density at radius 3 is 2.55 bits per heavy atom. The Labute approximate surface area is 180 Å². The standard InChI is InChI=1S/C19H30F2N4O5S/c1-11-7-12(30-22-11)9-25-17(26)14-8-13(31(28,29)23-19(2)5-6-19)3-4-15(14)24(18(25)27)10-16(20)21/h11-16,22-23H,3-10H2,1-2H3. The number of halogens is 2. The average molecular weight is 465 g/mol. The van der Waals surface area contributed by atoms with Gasteiger partial charge in [0, 0.05) is 17.6 Å². The number of hydrogen-bond acceptors (Lipinski definition) is 6. The fraction of sp³-hybridized carbons (Fsp3) is 0.895. The quantitative estimate of drug-likeness (QED) is 0.586. The maximum atomic E-state index is 13.3. The van der Waals surface area contributed by atoms with Crippen LogP contribution in [0.25, 0.3) is 0 Å². The molecule has 3 amide bonds. The molecule has 5 unspecified atom stereocenters. The lowest BCUT2D eigenvalue weighted by Gasteiger charge is -2.48. The van der Waals surface area contributed by atoms with Crippen molar-refractivity contribution >= 4 is 22.0 Å². The number of nitrogens with zero attached hydrogens (tertiary/aromatic N) is 2. The molecule has 31 heavy (non-hydrogen) atoms. The number of hydrogen-bond donors (Lipinski definition) is 2. The van der Waals surface area contributed by atoms with Crippen LogP contribution in [0.15, 0.2) is 0 Å². The van der Waals surface area contributed by atoms with Crippen molar-refractivity contribution in [2.75, 3.05) is 13.1 Å². The Hall–Kier alpha value is -1.37. The molecular formula is C19H30F2N4O5S. The van der Waals surface area contributed by atoms with Crippen molar-refractivity contribution in [3.8, 4) is 0 Å². The van der Waals surface area contributed by atoms with Gasteiger partial charge in [0.25, 0.3) is 6.43 Å². The topological polar surface area (TPSA) is 108 Å². The Balaban J connectivity index is 1.54. The van der Waals surface area contributed by atoms with Crippen LogP contribution in [-0.2, 0) is 19.7 Å². The first-order valence-corrected chi connectivity index (χ1v) is 12.4. The third-order valence-corrected chi connectivity index (χ3v) is 8.91. The summed E-state index contributed by atoms with van der Waals surface area (Å²) in [7, 11) is -3.66. The van der Waals surface area contributed by atoms with Crippen molar-refractivity contribution in [3.63, 3.8) is 0 Å². The number of carbonyl (C=O) groups excluding carboxylic acids is 2. The van der Waals surface area contributed by atoms with Crippen molar-refractivity contribution in [1.82, 2.24) is 20.0 Å². The zero-order chi connectivity index (χ0) is 22.6. The maximum absolute atomic E-state index is 13.3. The molecule has 4 rings (SSSR count). The predicted molar refractivity (Wildman–Crippen MR) is 107 cm³/mol. The van der Waals surface area contributed by atoms with Gasteiger partial charge in [0.15, 0.2) is 0 Å². The van der Waals surface area contributed by atoms with E-state index in [-0.39, 0.29) is 31.8 Å². The molecule has 0 radical (unpaired) electrons. The summed E-state index contributed by atoms with van der Waals surface area (Å²) in [6.07, 6.45) is -0.652. The van der Waals surface area contributed by atoms with Gasteiger partial charge in [-0.25, -0.2) is 26.7 Å². The summed E-state index contributed by atoms with van der Waals surface area (Å²) in [5, 5.41) is -0.789. The molecule has 12 heteroatoms. The summed E-state index contributed by atoms with van der Waals surface area (Å²) in [5.41, 5.74) is 2.34. The molecule has 0 aromatic carbocycles. The lowest BCUT2D eigenvalue weighted by atomic mass is 9.80. The molecule has 2 aliphatic carbocycles. The number of alkyl halides is 2. The van der Waals surface area contributed by atoms with E-state index in [9.17, 15) is 26.8 Å². The highest BCUT2D eigenvalue weighted by Gasteiger charge is 2.53. The van der Waals surface area contributed by atoms with Gasteiger partial charge in [-0.05, 0) is 52.4 Å². The number of sulfonamides is 1. The molecule has 2 aliphatic heterocycles. The Bertz CT molecular complexity index is 837. The van der Waals surface area contributed by atoms with Gasteiger partial charge in [-0.1, -0.05) is 0 Å². The van der Waals surface area contributed by atoms with Gasteiger partial charge in [-0.3, -0.25) is 14.5 Å². The smallest absolute Gasteiger partial charge is 0.315 e. The largest absolute Gasteiger partial charge is 0.327 e. The van der Waals surface area contributed by atoms with E-state index in [4.69, 9.17) is 4.84 Å². The number of rotatable bonds is 7. The molecule has 4 aliphatic rings. The summed E-state index contributed by atoms with van der Waals surface area (Å²) >= 11 is 0. The molecule has 2 saturated heterocycles. The molecule has 5 atom stereocenters. The molecule has 0 aromatic rings. The van der Waals surface area contributed by atoms with Crippen LogP contribution in [-0.4, -0.2) is 78.6 Å². The molecule has 0 bridgehead atoms. The number of imide groups is 1. The van der Waals surface area contributed by atoms with E-state index in [1.807, 2.05) is 13.8 Å². The molecule has 0 spiro atoms. The number of urea groups is 1. The van der Waals surface area contributed by atoms with E-state index in [1.54, 1.807) is 0 Å². The monoisotopic (exact) mass is 464 g/mol. The molecule has 0 aromatic heterocycles. The van der Waals surface area contributed by atoms with Crippen LogP contribution >= 0.6 is 0 Å². The van der Waals surface area contributed by atoms with Gasteiger partial charge in [0.1, 0.15) is 0 Å². The number of carbonyl (C=O) groups is 2. The minimum absolute atomic E-state index is 0.0125.